The second kappa shape index (κ2) is 4.58. The molecule has 0 unspecified atom stereocenters. The molecular formula is C12H11N3O. The van der Waals surface area contributed by atoms with Gasteiger partial charge in [-0.15, -0.1) is 0 Å². The number of carbonyl (C=O) groups excluding carboxylic acids is 1. The van der Waals surface area contributed by atoms with Gasteiger partial charge in [0.05, 0.1) is 23.5 Å². The first-order valence-corrected chi connectivity index (χ1v) is 5.11. The number of imidazole rings is 1. The predicted octanol–water partition coefficient (Wildman–Crippen LogP) is 1.69. The highest BCUT2D eigenvalue weighted by Gasteiger charge is 2.08. The van der Waals surface area contributed by atoms with Crippen LogP contribution < -0.4 is 0 Å². The van der Waals surface area contributed by atoms with E-state index in [1.807, 2.05) is 28.8 Å². The molecule has 4 nitrogen and oxygen atoms in total. The zero-order valence-corrected chi connectivity index (χ0v) is 8.76. The summed E-state index contributed by atoms with van der Waals surface area (Å²) in [5.74, 6) is 0.727. The van der Waals surface area contributed by atoms with Crippen molar-refractivity contribution in [1.29, 1.82) is 5.26 Å². The summed E-state index contributed by atoms with van der Waals surface area (Å²) in [5, 5.41) is 8.72. The number of rotatable bonds is 4. The van der Waals surface area contributed by atoms with Gasteiger partial charge in [0.1, 0.15) is 12.1 Å². The van der Waals surface area contributed by atoms with Crippen molar-refractivity contribution in [3.8, 4) is 6.07 Å². The summed E-state index contributed by atoms with van der Waals surface area (Å²) in [6.07, 6.45) is 1.59. The first-order valence-electron chi connectivity index (χ1n) is 5.11. The number of carbonyl (C=O) groups is 1. The van der Waals surface area contributed by atoms with Crippen LogP contribution in [0.2, 0.25) is 0 Å². The van der Waals surface area contributed by atoms with Crippen molar-refractivity contribution < 1.29 is 4.79 Å². The van der Waals surface area contributed by atoms with E-state index in [0.717, 1.165) is 23.1 Å². The molecule has 2 aromatic rings. The standard InChI is InChI=1S/C12H11N3O/c13-7-6-12-14-10-4-1-2-5-11(10)15(12)8-3-9-16/h1-2,4-5,9H,3,6,8H2. The molecule has 1 aromatic heterocycles. The minimum atomic E-state index is 0.271. The molecule has 0 aliphatic heterocycles. The van der Waals surface area contributed by atoms with Gasteiger partial charge in [-0.2, -0.15) is 5.26 Å². The Balaban J connectivity index is 2.51. The Bertz CT molecular complexity index is 551. The molecule has 0 bridgehead atoms. The number of hydrogen-bond acceptors (Lipinski definition) is 3. The molecule has 0 radical (unpaired) electrons. The van der Waals surface area contributed by atoms with Gasteiger partial charge in [0.15, 0.2) is 0 Å². The van der Waals surface area contributed by atoms with Crippen molar-refractivity contribution in [2.75, 3.05) is 0 Å². The number of aromatic nitrogens is 2. The monoisotopic (exact) mass is 213 g/mol. The molecule has 80 valence electrons. The second-order valence-electron chi connectivity index (χ2n) is 3.46. The first-order chi connectivity index (χ1) is 7.86. The molecule has 4 heteroatoms. The predicted molar refractivity (Wildman–Crippen MR) is 59.7 cm³/mol. The van der Waals surface area contributed by atoms with Gasteiger partial charge in [-0.1, -0.05) is 12.1 Å². The van der Waals surface area contributed by atoms with Crippen molar-refractivity contribution in [3.63, 3.8) is 0 Å². The fourth-order valence-electron chi connectivity index (χ4n) is 1.76. The Labute approximate surface area is 93.1 Å². The molecule has 0 fully saturated rings. The number of nitrogens with zero attached hydrogens (tertiary/aromatic N) is 3. The largest absolute Gasteiger partial charge is 0.327 e. The molecule has 1 aromatic carbocycles. The number of hydrogen-bond donors (Lipinski definition) is 0. The van der Waals surface area contributed by atoms with Crippen molar-refractivity contribution in [3.05, 3.63) is 30.1 Å². The Morgan fingerprint density at radius 2 is 2.25 bits per heavy atom. The number of aryl methyl sites for hydroxylation is 1. The normalized spacial score (nSPS) is 10.2. The van der Waals surface area contributed by atoms with Crippen LogP contribution in [0.15, 0.2) is 24.3 Å². The third kappa shape index (κ3) is 1.80. The van der Waals surface area contributed by atoms with Crippen molar-refractivity contribution >= 4 is 17.3 Å². The lowest BCUT2D eigenvalue weighted by Gasteiger charge is -2.03. The highest BCUT2D eigenvalue weighted by molar-refractivity contribution is 5.76. The van der Waals surface area contributed by atoms with E-state index in [-0.39, 0.29) is 6.42 Å². The van der Waals surface area contributed by atoms with Crippen LogP contribution in [0.5, 0.6) is 0 Å². The summed E-state index contributed by atoms with van der Waals surface area (Å²) in [5.41, 5.74) is 1.85. The number of aldehydes is 1. The van der Waals surface area contributed by atoms with E-state index in [9.17, 15) is 4.79 Å². The fraction of sp³-hybridized carbons (Fsp3) is 0.250. The van der Waals surface area contributed by atoms with E-state index in [1.165, 1.54) is 0 Å². The molecule has 2 rings (SSSR count). The Kier molecular flexibility index (Phi) is 2.97. The van der Waals surface area contributed by atoms with Gasteiger partial charge in [0.25, 0.3) is 0 Å². The smallest absolute Gasteiger partial charge is 0.124 e. The third-order valence-electron chi connectivity index (χ3n) is 2.44. The molecule has 0 atom stereocenters. The van der Waals surface area contributed by atoms with Crippen molar-refractivity contribution in [1.82, 2.24) is 9.55 Å². The Hall–Kier alpha value is -2.15. The maximum absolute atomic E-state index is 10.4. The second-order valence-corrected chi connectivity index (χ2v) is 3.46. The maximum Gasteiger partial charge on any atom is 0.124 e. The van der Waals surface area contributed by atoms with Crippen LogP contribution in [-0.2, 0) is 17.8 Å². The van der Waals surface area contributed by atoms with Crippen molar-refractivity contribution in [2.45, 2.75) is 19.4 Å². The van der Waals surface area contributed by atoms with E-state index < -0.39 is 0 Å². The molecular weight excluding hydrogens is 202 g/mol. The molecule has 0 spiro atoms. The first kappa shape index (κ1) is 10.4. The van der Waals surface area contributed by atoms with E-state index in [0.29, 0.717) is 13.0 Å². The van der Waals surface area contributed by atoms with Crippen LogP contribution in [0.1, 0.15) is 12.2 Å². The highest BCUT2D eigenvalue weighted by Crippen LogP contribution is 2.16. The molecule has 0 aliphatic carbocycles. The average Bonchev–Trinajstić information content (AvgIpc) is 2.65. The topological polar surface area (TPSA) is 58.7 Å². The van der Waals surface area contributed by atoms with Gasteiger partial charge in [-0.05, 0) is 12.1 Å². The van der Waals surface area contributed by atoms with Gasteiger partial charge in [-0.3, -0.25) is 0 Å². The summed E-state index contributed by atoms with van der Waals surface area (Å²) in [6, 6.07) is 9.79. The van der Waals surface area contributed by atoms with Crippen LogP contribution in [0, 0.1) is 11.3 Å². The summed E-state index contributed by atoms with van der Waals surface area (Å²) >= 11 is 0. The SMILES string of the molecule is N#CCc1nc2ccccc2n1CCC=O. The minimum absolute atomic E-state index is 0.271. The van der Waals surface area contributed by atoms with Crippen LogP contribution in [-0.4, -0.2) is 15.8 Å². The third-order valence-corrected chi connectivity index (χ3v) is 2.44. The van der Waals surface area contributed by atoms with Crippen LogP contribution in [0.4, 0.5) is 0 Å². The molecule has 1 heterocycles. The van der Waals surface area contributed by atoms with Gasteiger partial charge >= 0.3 is 0 Å². The zero-order chi connectivity index (χ0) is 11.4. The lowest BCUT2D eigenvalue weighted by molar-refractivity contribution is -0.108. The van der Waals surface area contributed by atoms with E-state index in [4.69, 9.17) is 5.26 Å². The van der Waals surface area contributed by atoms with Crippen LogP contribution >= 0.6 is 0 Å². The molecule has 0 amide bonds. The Morgan fingerprint density at radius 3 is 3.00 bits per heavy atom. The quantitative estimate of drug-likeness (QED) is 0.726. The molecule has 16 heavy (non-hydrogen) atoms. The van der Waals surface area contributed by atoms with Gasteiger partial charge < -0.3 is 9.36 Å². The molecule has 0 saturated carbocycles. The highest BCUT2D eigenvalue weighted by atomic mass is 16.1. The lowest BCUT2D eigenvalue weighted by atomic mass is 10.3. The van der Waals surface area contributed by atoms with Gasteiger partial charge in [0.2, 0.25) is 0 Å². The van der Waals surface area contributed by atoms with Crippen molar-refractivity contribution in [2.24, 2.45) is 0 Å². The summed E-state index contributed by atoms with van der Waals surface area (Å²) in [4.78, 5) is 14.8. The average molecular weight is 213 g/mol. The Morgan fingerprint density at radius 1 is 1.44 bits per heavy atom. The number of fused-ring (bicyclic) bond motifs is 1. The lowest BCUT2D eigenvalue weighted by Crippen LogP contribution is -2.03. The fourth-order valence-corrected chi connectivity index (χ4v) is 1.76. The van der Waals surface area contributed by atoms with Gasteiger partial charge in [0, 0.05) is 13.0 Å². The number of benzene rings is 1. The van der Waals surface area contributed by atoms with Crippen LogP contribution in [0.3, 0.4) is 0 Å². The zero-order valence-electron chi connectivity index (χ0n) is 8.76. The minimum Gasteiger partial charge on any atom is -0.327 e. The van der Waals surface area contributed by atoms with E-state index in [2.05, 4.69) is 11.1 Å². The van der Waals surface area contributed by atoms with E-state index in [1.54, 1.807) is 0 Å². The molecule has 0 aliphatic rings. The van der Waals surface area contributed by atoms with Crippen LogP contribution in [0.25, 0.3) is 11.0 Å². The summed E-state index contributed by atoms with van der Waals surface area (Å²) in [7, 11) is 0. The summed E-state index contributed by atoms with van der Waals surface area (Å²) < 4.78 is 1.94. The number of nitriles is 1. The molecule has 0 N–H and O–H groups in total. The molecule has 0 saturated heterocycles. The number of para-hydroxylation sites is 2. The maximum atomic E-state index is 10.4. The van der Waals surface area contributed by atoms with Gasteiger partial charge in [-0.25, -0.2) is 4.98 Å². The van der Waals surface area contributed by atoms with E-state index >= 15 is 0 Å². The summed E-state index contributed by atoms with van der Waals surface area (Å²) in [6.45, 7) is 0.584.